The molecular weight excluding hydrogens is 254 g/mol. The first-order valence-corrected chi connectivity index (χ1v) is 6.40. The summed E-state index contributed by atoms with van der Waals surface area (Å²) >= 11 is 0. The maximum absolute atomic E-state index is 6.01. The standard InChI is InChI=1S/C16H19NO3/c1-18-8-9-20-16-7-6-13(11-15(16)17)12-4-3-5-14(10-12)19-2/h3-7,10-11H,8-9,17H2,1-2H3. The van der Waals surface area contributed by atoms with E-state index in [0.29, 0.717) is 24.7 Å². The van der Waals surface area contributed by atoms with E-state index in [9.17, 15) is 0 Å². The maximum atomic E-state index is 6.01. The van der Waals surface area contributed by atoms with Gasteiger partial charge in [0.05, 0.1) is 19.4 Å². The highest BCUT2D eigenvalue weighted by Crippen LogP contribution is 2.30. The topological polar surface area (TPSA) is 53.7 Å². The number of nitrogen functional groups attached to an aromatic ring is 1. The first-order chi connectivity index (χ1) is 9.74. The molecular formula is C16H19NO3. The molecule has 0 saturated heterocycles. The summed E-state index contributed by atoms with van der Waals surface area (Å²) < 4.78 is 15.7. The molecule has 0 radical (unpaired) electrons. The Morgan fingerprint density at radius 1 is 0.950 bits per heavy atom. The largest absolute Gasteiger partial charge is 0.497 e. The van der Waals surface area contributed by atoms with Crippen molar-refractivity contribution in [3.8, 4) is 22.6 Å². The zero-order chi connectivity index (χ0) is 14.4. The third-order valence-corrected chi connectivity index (χ3v) is 2.96. The SMILES string of the molecule is COCCOc1ccc(-c2cccc(OC)c2)cc1N. The first kappa shape index (κ1) is 14.2. The Hall–Kier alpha value is -2.20. The molecule has 2 aromatic rings. The van der Waals surface area contributed by atoms with Crippen LogP contribution in [0.25, 0.3) is 11.1 Å². The Kier molecular flexibility index (Phi) is 4.85. The van der Waals surface area contributed by atoms with Crippen molar-refractivity contribution in [2.75, 3.05) is 33.2 Å². The Morgan fingerprint density at radius 2 is 1.75 bits per heavy atom. The highest BCUT2D eigenvalue weighted by molar-refractivity contribution is 5.71. The molecule has 4 heteroatoms. The fourth-order valence-corrected chi connectivity index (χ4v) is 1.90. The van der Waals surface area contributed by atoms with Crippen molar-refractivity contribution in [3.63, 3.8) is 0 Å². The lowest BCUT2D eigenvalue weighted by Gasteiger charge is -2.11. The first-order valence-electron chi connectivity index (χ1n) is 6.40. The minimum absolute atomic E-state index is 0.485. The molecule has 0 unspecified atom stereocenters. The molecule has 0 aromatic heterocycles. The van der Waals surface area contributed by atoms with E-state index in [1.807, 2.05) is 42.5 Å². The summed E-state index contributed by atoms with van der Waals surface area (Å²) in [6.07, 6.45) is 0. The van der Waals surface area contributed by atoms with Crippen LogP contribution in [-0.4, -0.2) is 27.4 Å². The van der Waals surface area contributed by atoms with Crippen molar-refractivity contribution >= 4 is 5.69 Å². The molecule has 0 aliphatic rings. The number of anilines is 1. The van der Waals surface area contributed by atoms with E-state index in [-0.39, 0.29) is 0 Å². The summed E-state index contributed by atoms with van der Waals surface area (Å²) in [4.78, 5) is 0. The molecule has 2 N–H and O–H groups in total. The van der Waals surface area contributed by atoms with E-state index >= 15 is 0 Å². The Morgan fingerprint density at radius 3 is 2.45 bits per heavy atom. The predicted molar refractivity (Wildman–Crippen MR) is 80.2 cm³/mol. The number of nitrogens with two attached hydrogens (primary N) is 1. The van der Waals surface area contributed by atoms with Gasteiger partial charge in [-0.1, -0.05) is 18.2 Å². The molecule has 0 aliphatic heterocycles. The van der Waals surface area contributed by atoms with Crippen molar-refractivity contribution in [3.05, 3.63) is 42.5 Å². The smallest absolute Gasteiger partial charge is 0.142 e. The Bertz CT molecular complexity index is 569. The molecule has 4 nitrogen and oxygen atoms in total. The second kappa shape index (κ2) is 6.82. The Balaban J connectivity index is 2.19. The van der Waals surface area contributed by atoms with E-state index < -0.39 is 0 Å². The number of hydrogen-bond acceptors (Lipinski definition) is 4. The molecule has 0 spiro atoms. The number of methoxy groups -OCH3 is 2. The molecule has 0 atom stereocenters. The summed E-state index contributed by atoms with van der Waals surface area (Å²) in [5.74, 6) is 1.50. The van der Waals surface area contributed by atoms with Gasteiger partial charge >= 0.3 is 0 Å². The van der Waals surface area contributed by atoms with Crippen LogP contribution in [0.4, 0.5) is 5.69 Å². The van der Waals surface area contributed by atoms with Crippen LogP contribution in [0.5, 0.6) is 11.5 Å². The number of ether oxygens (including phenoxy) is 3. The van der Waals surface area contributed by atoms with Gasteiger partial charge in [0.1, 0.15) is 18.1 Å². The number of benzene rings is 2. The molecule has 106 valence electrons. The lowest BCUT2D eigenvalue weighted by molar-refractivity contribution is 0.147. The number of rotatable bonds is 6. The monoisotopic (exact) mass is 273 g/mol. The van der Waals surface area contributed by atoms with Crippen molar-refractivity contribution in [1.29, 1.82) is 0 Å². The molecule has 0 aliphatic carbocycles. The molecule has 2 rings (SSSR count). The summed E-state index contributed by atoms with van der Waals surface area (Å²) in [6, 6.07) is 13.6. The van der Waals surface area contributed by atoms with Crippen LogP contribution in [-0.2, 0) is 4.74 Å². The molecule has 0 fully saturated rings. The van der Waals surface area contributed by atoms with E-state index in [4.69, 9.17) is 19.9 Å². The van der Waals surface area contributed by atoms with Crippen molar-refractivity contribution in [1.82, 2.24) is 0 Å². The van der Waals surface area contributed by atoms with Gasteiger partial charge in [0.15, 0.2) is 0 Å². The van der Waals surface area contributed by atoms with Gasteiger partial charge in [-0.3, -0.25) is 0 Å². The van der Waals surface area contributed by atoms with Gasteiger partial charge in [0.25, 0.3) is 0 Å². The summed E-state index contributed by atoms with van der Waals surface area (Å²) in [5, 5.41) is 0. The normalized spacial score (nSPS) is 10.3. The Labute approximate surface area is 119 Å². The fourth-order valence-electron chi connectivity index (χ4n) is 1.90. The molecule has 2 aromatic carbocycles. The van der Waals surface area contributed by atoms with Crippen molar-refractivity contribution < 1.29 is 14.2 Å². The second-order valence-electron chi connectivity index (χ2n) is 4.33. The molecule has 20 heavy (non-hydrogen) atoms. The van der Waals surface area contributed by atoms with Crippen molar-refractivity contribution in [2.45, 2.75) is 0 Å². The van der Waals surface area contributed by atoms with Gasteiger partial charge in [-0.25, -0.2) is 0 Å². The second-order valence-corrected chi connectivity index (χ2v) is 4.33. The van der Waals surface area contributed by atoms with Crippen LogP contribution in [0.3, 0.4) is 0 Å². The lowest BCUT2D eigenvalue weighted by Crippen LogP contribution is -2.05. The van der Waals surface area contributed by atoms with Crippen LogP contribution in [0.15, 0.2) is 42.5 Å². The molecule has 0 bridgehead atoms. The highest BCUT2D eigenvalue weighted by atomic mass is 16.5. The van der Waals surface area contributed by atoms with Gasteiger partial charge < -0.3 is 19.9 Å². The average molecular weight is 273 g/mol. The predicted octanol–water partition coefficient (Wildman–Crippen LogP) is 2.97. The lowest BCUT2D eigenvalue weighted by atomic mass is 10.0. The summed E-state index contributed by atoms with van der Waals surface area (Å²) in [5.41, 5.74) is 8.71. The van der Waals surface area contributed by atoms with Crippen molar-refractivity contribution in [2.24, 2.45) is 0 Å². The van der Waals surface area contributed by atoms with E-state index in [1.165, 1.54) is 0 Å². The third kappa shape index (κ3) is 3.42. The maximum Gasteiger partial charge on any atom is 0.142 e. The van der Waals surface area contributed by atoms with Gasteiger partial charge in [-0.05, 0) is 35.4 Å². The van der Waals surface area contributed by atoms with Gasteiger partial charge in [0, 0.05) is 7.11 Å². The molecule has 0 amide bonds. The minimum atomic E-state index is 0.485. The quantitative estimate of drug-likeness (QED) is 0.649. The summed E-state index contributed by atoms with van der Waals surface area (Å²) in [6.45, 7) is 1.02. The fraction of sp³-hybridized carbons (Fsp3) is 0.250. The van der Waals surface area contributed by atoms with Gasteiger partial charge in [-0.2, -0.15) is 0 Å². The summed E-state index contributed by atoms with van der Waals surface area (Å²) in [7, 11) is 3.29. The van der Waals surface area contributed by atoms with Crippen LogP contribution >= 0.6 is 0 Å². The molecule has 0 heterocycles. The minimum Gasteiger partial charge on any atom is -0.497 e. The van der Waals surface area contributed by atoms with Crippen LogP contribution in [0.2, 0.25) is 0 Å². The van der Waals surface area contributed by atoms with Crippen LogP contribution in [0.1, 0.15) is 0 Å². The van der Waals surface area contributed by atoms with E-state index in [0.717, 1.165) is 16.9 Å². The van der Waals surface area contributed by atoms with E-state index in [1.54, 1.807) is 14.2 Å². The zero-order valence-corrected chi connectivity index (χ0v) is 11.8. The number of hydrogen-bond donors (Lipinski definition) is 1. The van der Waals surface area contributed by atoms with Crippen LogP contribution in [0, 0.1) is 0 Å². The van der Waals surface area contributed by atoms with E-state index in [2.05, 4.69) is 0 Å². The average Bonchev–Trinajstić information content (AvgIpc) is 2.49. The van der Waals surface area contributed by atoms with Crippen LogP contribution < -0.4 is 15.2 Å². The third-order valence-electron chi connectivity index (χ3n) is 2.96. The highest BCUT2D eigenvalue weighted by Gasteiger charge is 2.05. The zero-order valence-electron chi connectivity index (χ0n) is 11.8. The van der Waals surface area contributed by atoms with Gasteiger partial charge in [0.2, 0.25) is 0 Å². The van der Waals surface area contributed by atoms with Gasteiger partial charge in [-0.15, -0.1) is 0 Å². The molecule has 0 saturated carbocycles.